The molecule has 10 nitrogen and oxygen atoms in total. The average Bonchev–Trinajstić information content (AvgIpc) is 3.54. The van der Waals surface area contributed by atoms with Crippen LogP contribution in [-0.2, 0) is 21.4 Å². The molecule has 0 amide bonds. The highest BCUT2D eigenvalue weighted by molar-refractivity contribution is 8.04. The maximum absolute atomic E-state index is 13.7. The number of aromatic nitrogens is 2. The van der Waals surface area contributed by atoms with E-state index in [2.05, 4.69) is 30.6 Å². The Morgan fingerprint density at radius 3 is 3.17 bits per heavy atom. The number of nitrogens with one attached hydrogen (secondary N) is 1. The maximum Gasteiger partial charge on any atom is 0.362 e. The number of benzene rings is 1. The molecule has 6 heterocycles. The van der Waals surface area contributed by atoms with E-state index in [0.29, 0.717) is 23.0 Å². The summed E-state index contributed by atoms with van der Waals surface area (Å²) < 4.78 is 2.22. The minimum absolute atomic E-state index is 0.0278. The van der Waals surface area contributed by atoms with Crippen LogP contribution in [-0.4, -0.2) is 62.4 Å². The number of nitrogens with zero attached hydrogens (tertiary/aromatic N) is 4. The van der Waals surface area contributed by atoms with Gasteiger partial charge in [0.1, 0.15) is 12.2 Å². The van der Waals surface area contributed by atoms with Crippen LogP contribution in [0.4, 0.5) is 11.4 Å². The fraction of sp³-hybridized carbons (Fsp3) is 0.375. The number of carboxylic acid groups (broad SMARTS) is 1. The van der Waals surface area contributed by atoms with Gasteiger partial charge in [0, 0.05) is 24.0 Å². The molecule has 6 aliphatic rings. The van der Waals surface area contributed by atoms with Crippen LogP contribution < -0.4 is 31.2 Å². The Bertz CT molecular complexity index is 1640. The molecule has 2 aromatic rings. The average molecular weight is 522 g/mol. The summed E-state index contributed by atoms with van der Waals surface area (Å²) in [4.78, 5) is 39.6. The normalized spacial score (nSPS) is 30.4. The van der Waals surface area contributed by atoms with Crippen molar-refractivity contribution in [2.45, 2.75) is 52.4 Å². The zero-order valence-corrected chi connectivity index (χ0v) is 20.5. The molecule has 3 bridgehead atoms. The molecule has 182 valence electrons. The van der Waals surface area contributed by atoms with Gasteiger partial charge in [0.25, 0.3) is 0 Å². The summed E-state index contributed by atoms with van der Waals surface area (Å²) in [6, 6.07) is -1.23. The predicted octanol–water partition coefficient (Wildman–Crippen LogP) is -1.12. The third-order valence-electron chi connectivity index (χ3n) is 8.31. The minimum atomic E-state index is -0.983. The van der Waals surface area contributed by atoms with Crippen LogP contribution in [0, 0.1) is 0 Å². The van der Waals surface area contributed by atoms with E-state index < -0.39 is 23.5 Å². The van der Waals surface area contributed by atoms with Gasteiger partial charge in [-0.3, -0.25) is 9.79 Å². The van der Waals surface area contributed by atoms with Crippen molar-refractivity contribution in [2.75, 3.05) is 11.9 Å². The van der Waals surface area contributed by atoms with E-state index in [-0.39, 0.29) is 28.6 Å². The lowest BCUT2D eigenvalue weighted by molar-refractivity contribution is -0.407. The summed E-state index contributed by atoms with van der Waals surface area (Å²) in [5.74, 6) is -0.730. The molecule has 8 rings (SSSR count). The Labute approximate surface area is 212 Å². The second-order valence-electron chi connectivity index (χ2n) is 10.1. The smallest absolute Gasteiger partial charge is 0.362 e. The van der Waals surface area contributed by atoms with Gasteiger partial charge in [0.2, 0.25) is 17.2 Å². The van der Waals surface area contributed by atoms with Gasteiger partial charge in [-0.05, 0) is 28.8 Å². The van der Waals surface area contributed by atoms with Crippen LogP contribution in [0.15, 0.2) is 27.3 Å². The third-order valence-corrected chi connectivity index (χ3v) is 11.1. The lowest BCUT2D eigenvalue weighted by Crippen LogP contribution is -2.69. The van der Waals surface area contributed by atoms with Gasteiger partial charge in [0.05, 0.1) is 32.5 Å². The molecule has 1 aromatic carbocycles. The number of phenols is 1. The molecule has 1 spiro atoms. The number of carbonyl (C=O) groups is 2. The van der Waals surface area contributed by atoms with Crippen molar-refractivity contribution in [1.82, 2.24) is 14.5 Å². The molecule has 5 atom stereocenters. The highest BCUT2D eigenvalue weighted by atomic mass is 32.2. The Balaban J connectivity index is 1.38. The standard InChI is InChI=1S/C24H20N6O4S2/c25-9(23(33)34)3-10-22(28-7-27-10)36-21-18-11(31)4-12-24(21)5-13(35-12)29-17-15(24)19-14-8(1-2-30(18)19)6-26-16(14)20(17)32/h4,6-7,9,13,18,21H,1-3,5,25H2,(H3,26,27,28,29,32,33,34)/p+1/t9-,13+,18-,21?,24+/m0/s1. The molecule has 1 saturated heterocycles. The number of allylic oxidation sites excluding steroid dienone is 1. The summed E-state index contributed by atoms with van der Waals surface area (Å²) in [5, 5.41) is 26.8. The number of fused-ring (bicyclic) bond motifs is 3. The molecule has 5 aliphatic heterocycles. The number of aliphatic imine (C=N–C) groups is 1. The summed E-state index contributed by atoms with van der Waals surface area (Å²) in [5.41, 5.74) is 7.35. The van der Waals surface area contributed by atoms with Gasteiger partial charge in [-0.25, -0.2) is 9.37 Å². The van der Waals surface area contributed by atoms with E-state index in [4.69, 9.17) is 0 Å². The van der Waals surface area contributed by atoms with Gasteiger partial charge in [-0.2, -0.15) is 0 Å². The van der Waals surface area contributed by atoms with Crippen LogP contribution in [0.3, 0.4) is 0 Å². The Hall–Kier alpha value is -3.09. The zero-order chi connectivity index (χ0) is 24.5. The minimum Gasteiger partial charge on any atom is -0.504 e. The first-order chi connectivity index (χ1) is 17.4. The van der Waals surface area contributed by atoms with Crippen molar-refractivity contribution in [2.24, 2.45) is 4.99 Å². The Morgan fingerprint density at radius 1 is 1.47 bits per heavy atom. The molecule has 6 N–H and O–H groups in total. The number of hydrogen-bond donors (Lipinski definition) is 4. The van der Waals surface area contributed by atoms with Crippen LogP contribution in [0.25, 0.3) is 5.57 Å². The third kappa shape index (κ3) is 2.37. The van der Waals surface area contributed by atoms with Gasteiger partial charge < -0.3 is 31.2 Å². The van der Waals surface area contributed by atoms with Crippen molar-refractivity contribution >= 4 is 58.4 Å². The molecule has 1 aromatic heterocycles. The van der Waals surface area contributed by atoms with Gasteiger partial charge in [-0.15, -0.1) is 23.5 Å². The number of imidazole rings is 1. The van der Waals surface area contributed by atoms with E-state index in [1.54, 1.807) is 11.8 Å². The quantitative estimate of drug-likeness (QED) is 0.283. The molecular formula is C24H21N6O4S2+. The zero-order valence-electron chi connectivity index (χ0n) is 18.9. The number of phenolic OH excluding ortho intramolecular Hbond substituents is 1. The molecule has 1 aliphatic carbocycles. The first-order valence-electron chi connectivity index (χ1n) is 11.9. The van der Waals surface area contributed by atoms with E-state index >= 15 is 0 Å². The first kappa shape index (κ1) is 21.0. The lowest BCUT2D eigenvalue weighted by Gasteiger charge is -2.47. The number of carboxylic acids is 1. The summed E-state index contributed by atoms with van der Waals surface area (Å²) in [6.07, 6.45) is 6.85. The van der Waals surface area contributed by atoms with Crippen LogP contribution >= 0.6 is 23.5 Å². The summed E-state index contributed by atoms with van der Waals surface area (Å²) >= 11 is 3.19. The van der Waals surface area contributed by atoms with Crippen molar-refractivity contribution in [3.8, 4) is 5.75 Å². The number of hydrogen-bond acceptors (Lipinski definition) is 8. The SMILES string of the molecule is [NH3+][C@@H](Cc1nc[n-]c1SC1[C@@H]2C(=O)C=C3S[C@@H]4C[C@]31c1c(c(O)c3c5c1=[N+]2CCC=5C=N3)N4)C(=O)O. The monoisotopic (exact) mass is 521 g/mol. The van der Waals surface area contributed by atoms with Crippen LogP contribution in [0.1, 0.15) is 24.1 Å². The second kappa shape index (κ2) is 6.81. The molecule has 12 heteroatoms. The highest BCUT2D eigenvalue weighted by Crippen LogP contribution is 2.65. The fourth-order valence-corrected chi connectivity index (χ4v) is 10.0. The van der Waals surface area contributed by atoms with Crippen LogP contribution in [0.2, 0.25) is 0 Å². The number of carbonyl (C=O) groups excluding carboxylic acids is 1. The van der Waals surface area contributed by atoms with Crippen molar-refractivity contribution in [1.29, 1.82) is 0 Å². The number of anilines is 1. The van der Waals surface area contributed by atoms with E-state index in [0.717, 1.165) is 45.1 Å². The van der Waals surface area contributed by atoms with E-state index in [1.165, 1.54) is 18.1 Å². The molecule has 0 radical (unpaired) electrons. The predicted molar refractivity (Wildman–Crippen MR) is 133 cm³/mol. The topological polar surface area (TPSA) is 157 Å². The molecule has 0 saturated carbocycles. The number of aromatic hydroxyl groups is 1. The van der Waals surface area contributed by atoms with Crippen LogP contribution in [0.5, 0.6) is 5.75 Å². The Kier molecular flexibility index (Phi) is 3.98. The Morgan fingerprint density at radius 2 is 2.33 bits per heavy atom. The molecule has 36 heavy (non-hydrogen) atoms. The number of thioether (sulfide) groups is 2. The maximum atomic E-state index is 13.7. The molecule has 1 fully saturated rings. The second-order valence-corrected chi connectivity index (χ2v) is 12.5. The number of aliphatic carboxylic acids is 1. The van der Waals surface area contributed by atoms with Crippen molar-refractivity contribution < 1.29 is 25.5 Å². The molecule has 1 unspecified atom stereocenters. The molecular weight excluding hydrogens is 500 g/mol. The van der Waals surface area contributed by atoms with Gasteiger partial charge in [-0.1, -0.05) is 6.33 Å². The number of ketones is 1. The van der Waals surface area contributed by atoms with E-state index in [9.17, 15) is 19.8 Å². The van der Waals surface area contributed by atoms with E-state index in [1.807, 2.05) is 12.3 Å². The van der Waals surface area contributed by atoms with Crippen molar-refractivity contribution in [3.05, 3.63) is 39.1 Å². The first-order valence-corrected chi connectivity index (χ1v) is 13.6. The summed E-state index contributed by atoms with van der Waals surface area (Å²) in [6.45, 7) is 0.688. The number of rotatable bonds is 5. The highest BCUT2D eigenvalue weighted by Gasteiger charge is 2.67. The number of quaternary nitrogens is 1. The largest absolute Gasteiger partial charge is 0.504 e. The van der Waals surface area contributed by atoms with Crippen molar-refractivity contribution in [3.63, 3.8) is 0 Å². The van der Waals surface area contributed by atoms with Gasteiger partial charge >= 0.3 is 5.97 Å². The fourth-order valence-electron chi connectivity index (χ4n) is 6.83. The van der Waals surface area contributed by atoms with Gasteiger partial charge in [0.15, 0.2) is 11.8 Å². The lowest BCUT2D eigenvalue weighted by atomic mass is 9.64. The summed E-state index contributed by atoms with van der Waals surface area (Å²) in [7, 11) is 0.